The van der Waals surface area contributed by atoms with Crippen LogP contribution in [0.1, 0.15) is 5.56 Å². The Labute approximate surface area is 392 Å². The Hall–Kier alpha value is -9.37. The van der Waals surface area contributed by atoms with Gasteiger partial charge in [0, 0.05) is 49.2 Å². The standard InChI is InChI=1S/C63H39N5/c1-2-41-40-45(61-64-62(51-30-13-11-26-46(51)42-20-5-3-6-21-42)66-63(65-61)52-31-14-12-27-47(52)43-22-7-4-8-23-43)36-38-54(41)68-56-33-17-15-29-49(56)50-37-39-58-59(60(50)68)53-32-16-18-34-57(53)67(58)55-35-19-25-44-24-9-10-28-48(44)55/h1,3-40H. The fourth-order valence-corrected chi connectivity index (χ4v) is 10.2. The molecule has 0 spiro atoms. The van der Waals surface area contributed by atoms with E-state index in [-0.39, 0.29) is 0 Å². The second kappa shape index (κ2) is 16.0. The summed E-state index contributed by atoms with van der Waals surface area (Å²) in [5.74, 6) is 4.80. The Morgan fingerprint density at radius 2 is 0.868 bits per heavy atom. The maximum absolute atomic E-state index is 6.62. The van der Waals surface area contributed by atoms with E-state index in [0.29, 0.717) is 17.5 Å². The Kier molecular flexibility index (Phi) is 9.16. The molecule has 0 aliphatic rings. The third-order valence-corrected chi connectivity index (χ3v) is 13.3. The van der Waals surface area contributed by atoms with Crippen LogP contribution in [0.25, 0.3) is 122 Å². The van der Waals surface area contributed by atoms with Crippen LogP contribution in [0.4, 0.5) is 0 Å². The van der Waals surface area contributed by atoms with Crippen LogP contribution in [0.2, 0.25) is 0 Å². The molecule has 10 aromatic carbocycles. The fourth-order valence-electron chi connectivity index (χ4n) is 10.2. The van der Waals surface area contributed by atoms with Crippen LogP contribution in [0.5, 0.6) is 0 Å². The molecule has 0 aliphatic carbocycles. The molecule has 5 heteroatoms. The van der Waals surface area contributed by atoms with Gasteiger partial charge in [-0.3, -0.25) is 0 Å². The van der Waals surface area contributed by atoms with Crippen molar-refractivity contribution in [1.82, 2.24) is 24.1 Å². The molecule has 0 atom stereocenters. The summed E-state index contributed by atoms with van der Waals surface area (Å²) in [4.78, 5) is 15.8. The Balaban J connectivity index is 1.05. The average Bonchev–Trinajstić information content (AvgIpc) is 3.93. The van der Waals surface area contributed by atoms with Crippen LogP contribution >= 0.6 is 0 Å². The molecule has 0 radical (unpaired) electrons. The van der Waals surface area contributed by atoms with Gasteiger partial charge in [0.2, 0.25) is 0 Å². The molecule has 3 heterocycles. The van der Waals surface area contributed by atoms with Gasteiger partial charge in [-0.15, -0.1) is 6.42 Å². The fraction of sp³-hybridized carbons (Fsp3) is 0. The van der Waals surface area contributed by atoms with Crippen LogP contribution in [0, 0.1) is 12.3 Å². The van der Waals surface area contributed by atoms with Gasteiger partial charge in [-0.1, -0.05) is 194 Å². The van der Waals surface area contributed by atoms with Crippen molar-refractivity contribution >= 4 is 54.4 Å². The van der Waals surface area contributed by atoms with E-state index in [2.05, 4.69) is 221 Å². The van der Waals surface area contributed by atoms with Crippen LogP contribution in [0.15, 0.2) is 231 Å². The third-order valence-electron chi connectivity index (χ3n) is 13.3. The zero-order valence-corrected chi connectivity index (χ0v) is 36.8. The molecule has 0 amide bonds. The zero-order chi connectivity index (χ0) is 45.1. The normalized spacial score (nSPS) is 11.5. The molecule has 13 aromatic rings. The first kappa shape index (κ1) is 39.0. The van der Waals surface area contributed by atoms with Gasteiger partial charge in [-0.05, 0) is 70.1 Å². The molecule has 0 fully saturated rings. The monoisotopic (exact) mass is 865 g/mol. The average molecular weight is 866 g/mol. The number of para-hydroxylation sites is 2. The number of hydrogen-bond acceptors (Lipinski definition) is 3. The van der Waals surface area contributed by atoms with Crippen molar-refractivity contribution in [2.75, 3.05) is 0 Å². The summed E-state index contributed by atoms with van der Waals surface area (Å²) in [5, 5.41) is 7.03. The molecule has 0 aliphatic heterocycles. The van der Waals surface area contributed by atoms with Crippen LogP contribution in [0.3, 0.4) is 0 Å². The highest BCUT2D eigenvalue weighted by Crippen LogP contribution is 2.44. The summed E-state index contributed by atoms with van der Waals surface area (Å²) in [6.07, 6.45) is 6.62. The molecule has 3 aromatic heterocycles. The van der Waals surface area contributed by atoms with Crippen molar-refractivity contribution in [3.05, 3.63) is 236 Å². The van der Waals surface area contributed by atoms with Crippen LogP contribution in [-0.4, -0.2) is 24.1 Å². The van der Waals surface area contributed by atoms with Crippen LogP contribution in [-0.2, 0) is 0 Å². The van der Waals surface area contributed by atoms with Crippen molar-refractivity contribution in [3.8, 4) is 80.1 Å². The molecular weight excluding hydrogens is 827 g/mol. The maximum atomic E-state index is 6.62. The topological polar surface area (TPSA) is 48.5 Å². The van der Waals surface area contributed by atoms with Gasteiger partial charge in [0.15, 0.2) is 17.5 Å². The van der Waals surface area contributed by atoms with Gasteiger partial charge in [-0.25, -0.2) is 15.0 Å². The van der Waals surface area contributed by atoms with Gasteiger partial charge >= 0.3 is 0 Å². The van der Waals surface area contributed by atoms with Crippen molar-refractivity contribution in [3.63, 3.8) is 0 Å². The predicted molar refractivity (Wildman–Crippen MR) is 281 cm³/mol. The summed E-state index contributed by atoms with van der Waals surface area (Å²) in [7, 11) is 0. The molecule has 0 bridgehead atoms. The molecule has 0 unspecified atom stereocenters. The summed E-state index contributed by atoms with van der Waals surface area (Å²) in [6, 6.07) is 80.8. The van der Waals surface area contributed by atoms with Gasteiger partial charge in [-0.2, -0.15) is 0 Å². The van der Waals surface area contributed by atoms with Gasteiger partial charge < -0.3 is 9.13 Å². The Morgan fingerprint density at radius 1 is 0.338 bits per heavy atom. The first-order valence-electron chi connectivity index (χ1n) is 22.8. The van der Waals surface area contributed by atoms with E-state index >= 15 is 0 Å². The minimum absolute atomic E-state index is 0.529. The summed E-state index contributed by atoms with van der Waals surface area (Å²) < 4.78 is 4.78. The molecule has 0 saturated heterocycles. The molecule has 0 N–H and O–H groups in total. The van der Waals surface area contributed by atoms with E-state index in [1.54, 1.807) is 0 Å². The SMILES string of the molecule is C#Cc1cc(-c2nc(-c3ccccc3-c3ccccc3)nc(-c3ccccc3-c3ccccc3)n2)ccc1-n1c2ccccc2c2ccc3c(c4ccccc4n3-c3cccc4ccccc34)c21. The molecule has 316 valence electrons. The summed E-state index contributed by atoms with van der Waals surface area (Å²) in [6.45, 7) is 0. The van der Waals surface area contributed by atoms with Gasteiger partial charge in [0.05, 0.1) is 33.4 Å². The molecular formula is C63H39N5. The predicted octanol–water partition coefficient (Wildman–Crippen LogP) is 15.5. The molecule has 13 rings (SSSR count). The first-order chi connectivity index (χ1) is 33.7. The number of benzene rings is 10. The number of terminal acetylenes is 1. The lowest BCUT2D eigenvalue weighted by Gasteiger charge is -2.15. The van der Waals surface area contributed by atoms with Crippen LogP contribution < -0.4 is 0 Å². The third kappa shape index (κ3) is 6.24. The molecule has 68 heavy (non-hydrogen) atoms. The van der Waals surface area contributed by atoms with E-state index < -0.39 is 0 Å². The lowest BCUT2D eigenvalue weighted by atomic mass is 9.98. The van der Waals surface area contributed by atoms with E-state index in [0.717, 1.165) is 94.1 Å². The summed E-state index contributed by atoms with van der Waals surface area (Å²) in [5.41, 5.74) is 14.0. The quantitative estimate of drug-likeness (QED) is 0.150. The van der Waals surface area contributed by atoms with E-state index in [1.807, 2.05) is 24.3 Å². The number of aromatic nitrogens is 5. The Morgan fingerprint density at radius 3 is 1.53 bits per heavy atom. The van der Waals surface area contributed by atoms with E-state index in [9.17, 15) is 0 Å². The summed E-state index contributed by atoms with van der Waals surface area (Å²) >= 11 is 0. The second-order valence-corrected chi connectivity index (χ2v) is 17.1. The molecule has 0 saturated carbocycles. The number of nitrogens with zero attached hydrogens (tertiary/aromatic N) is 5. The largest absolute Gasteiger partial charge is 0.309 e. The smallest absolute Gasteiger partial charge is 0.164 e. The minimum atomic E-state index is 0.529. The lowest BCUT2D eigenvalue weighted by Crippen LogP contribution is -2.03. The molecule has 5 nitrogen and oxygen atoms in total. The van der Waals surface area contributed by atoms with Crippen molar-refractivity contribution in [2.24, 2.45) is 0 Å². The highest BCUT2D eigenvalue weighted by atomic mass is 15.0. The zero-order valence-electron chi connectivity index (χ0n) is 36.8. The Bertz CT molecular complexity index is 4050. The number of fused-ring (bicyclic) bond motifs is 8. The van der Waals surface area contributed by atoms with Crippen molar-refractivity contribution in [1.29, 1.82) is 0 Å². The van der Waals surface area contributed by atoms with E-state index in [1.165, 1.54) is 16.2 Å². The second-order valence-electron chi connectivity index (χ2n) is 17.1. The first-order valence-corrected chi connectivity index (χ1v) is 22.8. The van der Waals surface area contributed by atoms with E-state index in [4.69, 9.17) is 21.4 Å². The van der Waals surface area contributed by atoms with Crippen molar-refractivity contribution in [2.45, 2.75) is 0 Å². The highest BCUT2D eigenvalue weighted by Gasteiger charge is 2.24. The van der Waals surface area contributed by atoms with Crippen molar-refractivity contribution < 1.29 is 0 Å². The van der Waals surface area contributed by atoms with Gasteiger partial charge in [0.25, 0.3) is 0 Å². The van der Waals surface area contributed by atoms with Gasteiger partial charge in [0.1, 0.15) is 0 Å². The number of hydrogen-bond donors (Lipinski definition) is 0. The number of rotatable bonds is 7. The minimum Gasteiger partial charge on any atom is -0.309 e. The lowest BCUT2D eigenvalue weighted by molar-refractivity contribution is 1.07. The maximum Gasteiger partial charge on any atom is 0.164 e. The highest BCUT2D eigenvalue weighted by molar-refractivity contribution is 6.26.